The number of hydrogen-bond donors (Lipinski definition) is 0. The second-order valence-corrected chi connectivity index (χ2v) is 9.89. The monoisotopic (exact) mass is 399 g/mol. The lowest BCUT2D eigenvalue weighted by molar-refractivity contribution is 0.441. The molecule has 7 heteroatoms. The molecular weight excluding hydrogens is 378 g/mol. The number of aromatic nitrogens is 2. The molecule has 140 valence electrons. The Morgan fingerprint density at radius 1 is 1.07 bits per heavy atom. The summed E-state index contributed by atoms with van der Waals surface area (Å²) in [6, 6.07) is 13.6. The number of rotatable bonds is 4. The fourth-order valence-corrected chi connectivity index (χ4v) is 4.83. The number of imidazole rings is 1. The van der Waals surface area contributed by atoms with E-state index in [1.165, 1.54) is 17.4 Å². The van der Waals surface area contributed by atoms with Crippen molar-refractivity contribution in [3.05, 3.63) is 66.0 Å². The predicted octanol–water partition coefficient (Wildman–Crippen LogP) is 3.56. The standard InChI is InChI=1S/C20H21N3O2S2/c1-22-11-9-21-20(22)26-23-10-8-17-12-16(6-7-18(17)14-23)15-4-3-5-19(13-15)27(2,24)25/h3-7,9,11-13H,8,10,14H2,1-2H3. The molecule has 27 heavy (non-hydrogen) atoms. The van der Waals surface area contributed by atoms with Crippen LogP contribution in [0.3, 0.4) is 0 Å². The third-order valence-corrected chi connectivity index (χ3v) is 7.00. The first-order valence-corrected chi connectivity index (χ1v) is 11.4. The summed E-state index contributed by atoms with van der Waals surface area (Å²) < 4.78 is 28.0. The average Bonchev–Trinajstić information content (AvgIpc) is 3.05. The Bertz CT molecular complexity index is 1090. The van der Waals surface area contributed by atoms with Gasteiger partial charge in [-0.15, -0.1) is 0 Å². The van der Waals surface area contributed by atoms with Crippen LogP contribution < -0.4 is 0 Å². The molecule has 0 N–H and O–H groups in total. The van der Waals surface area contributed by atoms with E-state index in [1.54, 1.807) is 30.1 Å². The Kier molecular flexibility index (Phi) is 4.84. The number of sulfone groups is 1. The average molecular weight is 400 g/mol. The molecule has 0 saturated heterocycles. The van der Waals surface area contributed by atoms with Crippen molar-refractivity contribution in [1.82, 2.24) is 13.9 Å². The van der Waals surface area contributed by atoms with Gasteiger partial charge in [0.2, 0.25) is 0 Å². The smallest absolute Gasteiger partial charge is 0.183 e. The molecule has 0 aliphatic carbocycles. The van der Waals surface area contributed by atoms with Gasteiger partial charge >= 0.3 is 0 Å². The van der Waals surface area contributed by atoms with Crippen molar-refractivity contribution in [3.8, 4) is 11.1 Å². The molecule has 0 amide bonds. The van der Waals surface area contributed by atoms with Gasteiger partial charge in [0.15, 0.2) is 15.0 Å². The molecule has 0 atom stereocenters. The van der Waals surface area contributed by atoms with Crippen molar-refractivity contribution >= 4 is 21.8 Å². The lowest BCUT2D eigenvalue weighted by Crippen LogP contribution is -2.25. The zero-order valence-corrected chi connectivity index (χ0v) is 16.9. The lowest BCUT2D eigenvalue weighted by Gasteiger charge is -2.27. The van der Waals surface area contributed by atoms with Gasteiger partial charge in [-0.2, -0.15) is 0 Å². The van der Waals surface area contributed by atoms with Gasteiger partial charge in [0.1, 0.15) is 0 Å². The van der Waals surface area contributed by atoms with Crippen molar-refractivity contribution in [2.45, 2.75) is 23.0 Å². The zero-order chi connectivity index (χ0) is 19.0. The van der Waals surface area contributed by atoms with Crippen LogP contribution in [0.15, 0.2) is 64.9 Å². The highest BCUT2D eigenvalue weighted by Gasteiger charge is 2.19. The van der Waals surface area contributed by atoms with Crippen LogP contribution in [-0.4, -0.2) is 35.1 Å². The third-order valence-electron chi connectivity index (χ3n) is 4.77. The minimum Gasteiger partial charge on any atom is -0.328 e. The van der Waals surface area contributed by atoms with Gasteiger partial charge < -0.3 is 4.57 Å². The van der Waals surface area contributed by atoms with E-state index in [1.807, 2.05) is 30.1 Å². The highest BCUT2D eigenvalue weighted by atomic mass is 32.2. The van der Waals surface area contributed by atoms with Crippen molar-refractivity contribution in [2.75, 3.05) is 12.8 Å². The van der Waals surface area contributed by atoms with E-state index in [-0.39, 0.29) is 0 Å². The van der Waals surface area contributed by atoms with E-state index in [0.29, 0.717) is 4.90 Å². The van der Waals surface area contributed by atoms with Gasteiger partial charge in [-0.05, 0) is 52.8 Å². The zero-order valence-electron chi connectivity index (χ0n) is 15.3. The molecule has 2 aromatic carbocycles. The summed E-state index contributed by atoms with van der Waals surface area (Å²) in [5.74, 6) is 0. The van der Waals surface area contributed by atoms with Crippen LogP contribution in [0.1, 0.15) is 11.1 Å². The molecule has 3 aromatic rings. The van der Waals surface area contributed by atoms with E-state index in [0.717, 1.165) is 35.8 Å². The molecule has 2 heterocycles. The molecule has 1 aromatic heterocycles. The Labute approximate surface area is 164 Å². The van der Waals surface area contributed by atoms with Gasteiger partial charge in [-0.1, -0.05) is 30.3 Å². The van der Waals surface area contributed by atoms with Gasteiger partial charge in [-0.25, -0.2) is 17.7 Å². The van der Waals surface area contributed by atoms with Gasteiger partial charge in [-0.3, -0.25) is 0 Å². The second kappa shape index (κ2) is 7.14. The van der Waals surface area contributed by atoms with Crippen LogP contribution in [0.2, 0.25) is 0 Å². The SMILES string of the molecule is Cn1ccnc1SN1CCc2cc(-c3cccc(S(C)(=O)=O)c3)ccc2C1. The number of fused-ring (bicyclic) bond motifs is 1. The van der Waals surface area contributed by atoms with Crippen LogP contribution in [0.4, 0.5) is 0 Å². The highest BCUT2D eigenvalue weighted by molar-refractivity contribution is 7.96. The number of hydrogen-bond acceptors (Lipinski definition) is 5. The maximum absolute atomic E-state index is 11.8. The van der Waals surface area contributed by atoms with Crippen molar-refractivity contribution in [3.63, 3.8) is 0 Å². The van der Waals surface area contributed by atoms with E-state index in [4.69, 9.17) is 0 Å². The molecule has 0 fully saturated rings. The number of nitrogens with zero attached hydrogens (tertiary/aromatic N) is 3. The van der Waals surface area contributed by atoms with Gasteiger partial charge in [0.25, 0.3) is 0 Å². The Morgan fingerprint density at radius 3 is 2.63 bits per heavy atom. The summed E-state index contributed by atoms with van der Waals surface area (Å²) in [5.41, 5.74) is 4.63. The summed E-state index contributed by atoms with van der Waals surface area (Å²) in [6.45, 7) is 1.83. The van der Waals surface area contributed by atoms with Crippen LogP contribution in [-0.2, 0) is 29.9 Å². The lowest BCUT2D eigenvalue weighted by atomic mass is 9.95. The molecule has 1 aliphatic heterocycles. The Hall–Kier alpha value is -2.09. The number of benzene rings is 2. The fraction of sp³-hybridized carbons (Fsp3) is 0.250. The van der Waals surface area contributed by atoms with Crippen LogP contribution in [0.5, 0.6) is 0 Å². The summed E-state index contributed by atoms with van der Waals surface area (Å²) in [5, 5.41) is 0.993. The maximum Gasteiger partial charge on any atom is 0.183 e. The van der Waals surface area contributed by atoms with Gasteiger partial charge in [0, 0.05) is 38.8 Å². The Morgan fingerprint density at radius 2 is 1.89 bits per heavy atom. The Balaban J connectivity index is 1.56. The van der Waals surface area contributed by atoms with E-state index < -0.39 is 9.84 Å². The molecule has 0 radical (unpaired) electrons. The highest BCUT2D eigenvalue weighted by Crippen LogP contribution is 2.31. The van der Waals surface area contributed by atoms with E-state index >= 15 is 0 Å². The summed E-state index contributed by atoms with van der Waals surface area (Å²) in [4.78, 5) is 4.74. The third kappa shape index (κ3) is 3.95. The minimum atomic E-state index is -3.20. The minimum absolute atomic E-state index is 0.357. The van der Waals surface area contributed by atoms with Crippen molar-refractivity contribution in [1.29, 1.82) is 0 Å². The second-order valence-electron chi connectivity index (χ2n) is 6.81. The quantitative estimate of drug-likeness (QED) is 0.628. The fourth-order valence-electron chi connectivity index (χ4n) is 3.25. The van der Waals surface area contributed by atoms with Crippen molar-refractivity contribution < 1.29 is 8.42 Å². The first-order chi connectivity index (χ1) is 12.9. The van der Waals surface area contributed by atoms with Crippen LogP contribution >= 0.6 is 11.9 Å². The molecule has 4 rings (SSSR count). The molecule has 1 aliphatic rings. The largest absolute Gasteiger partial charge is 0.328 e. The predicted molar refractivity (Wildman–Crippen MR) is 108 cm³/mol. The van der Waals surface area contributed by atoms with Gasteiger partial charge in [0.05, 0.1) is 4.90 Å². The first kappa shape index (κ1) is 18.3. The van der Waals surface area contributed by atoms with Crippen LogP contribution in [0, 0.1) is 0 Å². The molecule has 0 saturated carbocycles. The molecule has 5 nitrogen and oxygen atoms in total. The molecule has 0 unspecified atom stereocenters. The summed E-state index contributed by atoms with van der Waals surface area (Å²) in [6.07, 6.45) is 5.98. The van der Waals surface area contributed by atoms with E-state index in [2.05, 4.69) is 27.5 Å². The van der Waals surface area contributed by atoms with Crippen molar-refractivity contribution in [2.24, 2.45) is 7.05 Å². The normalized spacial score (nSPS) is 14.9. The molecular formula is C20H21N3O2S2. The maximum atomic E-state index is 11.8. The van der Waals surface area contributed by atoms with Crippen LogP contribution in [0.25, 0.3) is 11.1 Å². The van der Waals surface area contributed by atoms with E-state index in [9.17, 15) is 8.42 Å². The molecule has 0 bridgehead atoms. The number of aryl methyl sites for hydroxylation is 1. The summed E-state index contributed by atoms with van der Waals surface area (Å²) in [7, 11) is -1.20. The molecule has 0 spiro atoms. The summed E-state index contributed by atoms with van der Waals surface area (Å²) >= 11 is 1.69. The topological polar surface area (TPSA) is 55.2 Å². The first-order valence-electron chi connectivity index (χ1n) is 8.73.